The highest BCUT2D eigenvalue weighted by Crippen LogP contribution is 2.28. The summed E-state index contributed by atoms with van der Waals surface area (Å²) in [6.07, 6.45) is 15.4. The van der Waals surface area contributed by atoms with E-state index in [-0.39, 0.29) is 0 Å². The van der Waals surface area contributed by atoms with E-state index in [0.717, 1.165) is 6.42 Å². The number of allylic oxidation sites excluding steroid dienone is 5. The molecule has 2 rings (SSSR count). The van der Waals surface area contributed by atoms with Gasteiger partial charge in [-0.3, -0.25) is 0 Å². The van der Waals surface area contributed by atoms with E-state index < -0.39 is 5.60 Å². The summed E-state index contributed by atoms with van der Waals surface area (Å²) in [5, 5.41) is 9.99. The maximum Gasteiger partial charge on any atom is 0.0905 e. The molecule has 0 aromatic heterocycles. The maximum absolute atomic E-state index is 9.99. The molecule has 12 heavy (non-hydrogen) atoms. The fraction of sp³-hybridized carbons (Fsp3) is 0.273. The molecule has 0 amide bonds. The van der Waals surface area contributed by atoms with E-state index in [4.69, 9.17) is 0 Å². The third-order valence-corrected chi connectivity index (χ3v) is 2.26. The van der Waals surface area contributed by atoms with Crippen LogP contribution in [0.25, 0.3) is 0 Å². The third-order valence-electron chi connectivity index (χ3n) is 2.26. The van der Waals surface area contributed by atoms with Gasteiger partial charge in [0.1, 0.15) is 0 Å². The summed E-state index contributed by atoms with van der Waals surface area (Å²) in [6, 6.07) is 0. The second-order valence-corrected chi connectivity index (χ2v) is 3.37. The van der Waals surface area contributed by atoms with Gasteiger partial charge in [-0.15, -0.1) is 0 Å². The largest absolute Gasteiger partial charge is 0.385 e. The monoisotopic (exact) mass is 160 g/mol. The average molecular weight is 160 g/mol. The van der Waals surface area contributed by atoms with E-state index in [9.17, 15) is 5.11 Å². The lowest BCUT2D eigenvalue weighted by Gasteiger charge is -2.26. The first kappa shape index (κ1) is 7.56. The highest BCUT2D eigenvalue weighted by molar-refractivity contribution is 5.35. The second-order valence-electron chi connectivity index (χ2n) is 3.37. The first-order valence-corrected chi connectivity index (χ1v) is 4.23. The average Bonchev–Trinajstić information content (AvgIpc) is 2.02. The summed E-state index contributed by atoms with van der Waals surface area (Å²) in [5.41, 5.74) is 0.565. The molecule has 0 aromatic carbocycles. The van der Waals surface area contributed by atoms with Crippen LogP contribution in [0.2, 0.25) is 0 Å². The van der Waals surface area contributed by atoms with Crippen LogP contribution in [0.5, 0.6) is 0 Å². The first-order chi connectivity index (χ1) is 5.79. The van der Waals surface area contributed by atoms with Crippen molar-refractivity contribution in [3.8, 4) is 0 Å². The van der Waals surface area contributed by atoms with E-state index in [1.165, 1.54) is 5.57 Å². The van der Waals surface area contributed by atoms with E-state index in [0.29, 0.717) is 6.42 Å². The Hall–Kier alpha value is -1.08. The Bertz CT molecular complexity index is 294. The lowest BCUT2D eigenvalue weighted by atomic mass is 9.86. The Morgan fingerprint density at radius 2 is 2.17 bits per heavy atom. The molecular weight excluding hydrogens is 148 g/mol. The van der Waals surface area contributed by atoms with Crippen LogP contribution in [0, 0.1) is 0 Å². The zero-order valence-corrected chi connectivity index (χ0v) is 6.90. The molecule has 2 aliphatic carbocycles. The van der Waals surface area contributed by atoms with Gasteiger partial charge in [-0.05, 0) is 12.0 Å². The van der Waals surface area contributed by atoms with Gasteiger partial charge in [0.05, 0.1) is 5.60 Å². The molecule has 1 atom stereocenters. The van der Waals surface area contributed by atoms with Gasteiger partial charge in [0.25, 0.3) is 0 Å². The van der Waals surface area contributed by atoms with Gasteiger partial charge < -0.3 is 5.11 Å². The van der Waals surface area contributed by atoms with Crippen LogP contribution in [0.4, 0.5) is 0 Å². The lowest BCUT2D eigenvalue weighted by Crippen LogP contribution is -2.27. The Morgan fingerprint density at radius 3 is 3.08 bits per heavy atom. The zero-order chi connectivity index (χ0) is 8.44. The van der Waals surface area contributed by atoms with E-state index in [2.05, 4.69) is 0 Å². The number of rotatable bonds is 0. The highest BCUT2D eigenvalue weighted by Gasteiger charge is 2.24. The van der Waals surface area contributed by atoms with Gasteiger partial charge in [0.15, 0.2) is 0 Å². The van der Waals surface area contributed by atoms with Crippen LogP contribution in [0.3, 0.4) is 0 Å². The fourth-order valence-corrected chi connectivity index (χ4v) is 1.61. The SMILES string of the molecule is OC12C=CC=C(C=CC=CC1)C2. The summed E-state index contributed by atoms with van der Waals surface area (Å²) in [6.45, 7) is 0. The minimum Gasteiger partial charge on any atom is -0.385 e. The van der Waals surface area contributed by atoms with Crippen molar-refractivity contribution in [2.75, 3.05) is 0 Å². The minimum atomic E-state index is -0.634. The fourth-order valence-electron chi connectivity index (χ4n) is 1.61. The van der Waals surface area contributed by atoms with Crippen molar-refractivity contribution in [1.82, 2.24) is 0 Å². The van der Waals surface area contributed by atoms with Gasteiger partial charge in [0, 0.05) is 6.42 Å². The second kappa shape index (κ2) is 2.76. The van der Waals surface area contributed by atoms with Crippen LogP contribution in [-0.2, 0) is 0 Å². The molecule has 0 aromatic rings. The van der Waals surface area contributed by atoms with Crippen molar-refractivity contribution in [1.29, 1.82) is 0 Å². The van der Waals surface area contributed by atoms with Crippen LogP contribution >= 0.6 is 0 Å². The molecular formula is C11H12O. The maximum atomic E-state index is 9.99. The molecule has 0 saturated heterocycles. The van der Waals surface area contributed by atoms with Gasteiger partial charge in [-0.25, -0.2) is 0 Å². The summed E-state index contributed by atoms with van der Waals surface area (Å²) >= 11 is 0. The van der Waals surface area contributed by atoms with E-state index in [1.807, 2.05) is 42.5 Å². The van der Waals surface area contributed by atoms with E-state index >= 15 is 0 Å². The Kier molecular flexibility index (Phi) is 1.74. The molecule has 1 nitrogen and oxygen atoms in total. The standard InChI is InChI=1S/C11H12O/c12-11-7-3-1-2-5-10(9-11)6-4-8-11/h1-6,8,12H,7,9H2. The summed E-state index contributed by atoms with van der Waals surface area (Å²) in [4.78, 5) is 0. The Labute approximate surface area is 72.4 Å². The molecule has 2 aliphatic rings. The topological polar surface area (TPSA) is 20.2 Å². The molecule has 62 valence electrons. The van der Waals surface area contributed by atoms with Crippen LogP contribution in [-0.4, -0.2) is 10.7 Å². The van der Waals surface area contributed by atoms with Crippen molar-refractivity contribution >= 4 is 0 Å². The molecule has 2 bridgehead atoms. The number of aliphatic hydroxyl groups is 1. The number of fused-ring (bicyclic) bond motifs is 2. The molecule has 0 fully saturated rings. The van der Waals surface area contributed by atoms with Gasteiger partial charge in [0.2, 0.25) is 0 Å². The molecule has 1 unspecified atom stereocenters. The molecule has 0 spiro atoms. The van der Waals surface area contributed by atoms with Crippen molar-refractivity contribution in [2.24, 2.45) is 0 Å². The van der Waals surface area contributed by atoms with Crippen molar-refractivity contribution in [3.63, 3.8) is 0 Å². The van der Waals surface area contributed by atoms with Crippen LogP contribution in [0.15, 0.2) is 48.1 Å². The van der Waals surface area contributed by atoms with Gasteiger partial charge >= 0.3 is 0 Å². The normalized spacial score (nSPS) is 32.6. The van der Waals surface area contributed by atoms with Crippen LogP contribution in [0.1, 0.15) is 12.8 Å². The summed E-state index contributed by atoms with van der Waals surface area (Å²) in [7, 11) is 0. The molecule has 0 saturated carbocycles. The van der Waals surface area contributed by atoms with Crippen LogP contribution < -0.4 is 0 Å². The number of hydrogen-bond donors (Lipinski definition) is 1. The molecule has 1 N–H and O–H groups in total. The smallest absolute Gasteiger partial charge is 0.0905 e. The molecule has 0 aliphatic heterocycles. The minimum absolute atomic E-state index is 0.634. The summed E-state index contributed by atoms with van der Waals surface area (Å²) < 4.78 is 0. The lowest BCUT2D eigenvalue weighted by molar-refractivity contribution is 0.0939. The zero-order valence-electron chi connectivity index (χ0n) is 6.90. The first-order valence-electron chi connectivity index (χ1n) is 4.23. The summed E-state index contributed by atoms with van der Waals surface area (Å²) in [5.74, 6) is 0. The molecule has 0 heterocycles. The van der Waals surface area contributed by atoms with Crippen molar-refractivity contribution < 1.29 is 5.11 Å². The van der Waals surface area contributed by atoms with Crippen molar-refractivity contribution in [2.45, 2.75) is 18.4 Å². The van der Waals surface area contributed by atoms with Gasteiger partial charge in [-0.1, -0.05) is 42.5 Å². The predicted molar refractivity (Wildman–Crippen MR) is 49.7 cm³/mol. The highest BCUT2D eigenvalue weighted by atomic mass is 16.3. The van der Waals surface area contributed by atoms with E-state index in [1.54, 1.807) is 0 Å². The predicted octanol–water partition coefficient (Wildman–Crippen LogP) is 2.12. The molecule has 1 heteroatoms. The molecule has 0 radical (unpaired) electrons. The Balaban J connectivity index is 2.36. The Morgan fingerprint density at radius 1 is 1.25 bits per heavy atom. The quantitative estimate of drug-likeness (QED) is 0.575. The number of hydrogen-bond acceptors (Lipinski definition) is 1. The third kappa shape index (κ3) is 1.41. The van der Waals surface area contributed by atoms with Crippen molar-refractivity contribution in [3.05, 3.63) is 48.1 Å². The van der Waals surface area contributed by atoms with Gasteiger partial charge in [-0.2, -0.15) is 0 Å².